The molecule has 1 aliphatic rings. The van der Waals surface area contributed by atoms with Gasteiger partial charge in [-0.25, -0.2) is 0 Å². The van der Waals surface area contributed by atoms with Crippen molar-refractivity contribution in [2.45, 2.75) is 31.7 Å². The zero-order chi connectivity index (χ0) is 13.9. The summed E-state index contributed by atoms with van der Waals surface area (Å²) in [7, 11) is 1.61. The molecule has 1 aliphatic carbocycles. The molecule has 0 bridgehead atoms. The third kappa shape index (κ3) is 3.47. The Labute approximate surface area is 113 Å². The highest BCUT2D eigenvalue weighted by atomic mass is 16.5. The van der Waals surface area contributed by atoms with Crippen molar-refractivity contribution >= 4 is 5.91 Å². The molecule has 104 valence electrons. The Bertz CT molecular complexity index is 456. The van der Waals surface area contributed by atoms with Crippen molar-refractivity contribution in [3.05, 3.63) is 29.8 Å². The molecule has 1 atom stereocenters. The fourth-order valence-electron chi connectivity index (χ4n) is 2.32. The van der Waals surface area contributed by atoms with Gasteiger partial charge in [-0.05, 0) is 43.4 Å². The normalized spacial score (nSPS) is 17.6. The van der Waals surface area contributed by atoms with Gasteiger partial charge in [0.2, 0.25) is 5.91 Å². The van der Waals surface area contributed by atoms with Crippen LogP contribution in [0.15, 0.2) is 24.3 Å². The first-order valence-electron chi connectivity index (χ1n) is 6.62. The molecule has 0 aliphatic heterocycles. The van der Waals surface area contributed by atoms with E-state index in [4.69, 9.17) is 4.74 Å². The van der Waals surface area contributed by atoms with Crippen LogP contribution in [-0.2, 0) is 11.2 Å². The minimum atomic E-state index is -0.476. The maximum Gasteiger partial charge on any atom is 0.224 e. The minimum absolute atomic E-state index is 0.0124. The molecule has 2 N–H and O–H groups in total. The zero-order valence-electron chi connectivity index (χ0n) is 11.5. The van der Waals surface area contributed by atoms with Gasteiger partial charge in [-0.15, -0.1) is 0 Å². The number of amides is 1. The van der Waals surface area contributed by atoms with Crippen LogP contribution in [0.25, 0.3) is 0 Å². The highest BCUT2D eigenvalue weighted by molar-refractivity contribution is 5.79. The molecule has 0 aromatic heterocycles. The Kier molecular flexibility index (Phi) is 4.10. The summed E-state index contributed by atoms with van der Waals surface area (Å²) >= 11 is 0. The molecule has 1 saturated carbocycles. The quantitative estimate of drug-likeness (QED) is 0.818. The second kappa shape index (κ2) is 5.61. The highest BCUT2D eigenvalue weighted by Crippen LogP contribution is 2.39. The SMILES string of the molecule is COc1cccc(CC(=O)NC(C)(CO)C2CC2)c1. The molecular weight excluding hydrogens is 242 g/mol. The van der Waals surface area contributed by atoms with Crippen molar-refractivity contribution in [3.63, 3.8) is 0 Å². The van der Waals surface area contributed by atoms with Gasteiger partial charge in [0.25, 0.3) is 0 Å². The van der Waals surface area contributed by atoms with Crippen molar-refractivity contribution in [2.24, 2.45) is 5.92 Å². The topological polar surface area (TPSA) is 58.6 Å². The Balaban J connectivity index is 1.96. The summed E-state index contributed by atoms with van der Waals surface area (Å²) < 4.78 is 5.14. The molecule has 4 nitrogen and oxygen atoms in total. The maximum absolute atomic E-state index is 12.1. The standard InChI is InChI=1S/C15H21NO3/c1-15(10-17,12-6-7-12)16-14(18)9-11-4-3-5-13(8-11)19-2/h3-5,8,12,17H,6-7,9-10H2,1-2H3,(H,16,18). The van der Waals surface area contributed by atoms with E-state index in [-0.39, 0.29) is 12.5 Å². The molecule has 0 spiro atoms. The second-order valence-corrected chi connectivity index (χ2v) is 5.43. The molecular formula is C15H21NO3. The van der Waals surface area contributed by atoms with Gasteiger partial charge in [-0.1, -0.05) is 12.1 Å². The van der Waals surface area contributed by atoms with E-state index in [1.165, 1.54) is 0 Å². The van der Waals surface area contributed by atoms with Crippen LogP contribution in [-0.4, -0.2) is 30.3 Å². The maximum atomic E-state index is 12.1. The van der Waals surface area contributed by atoms with E-state index in [1.807, 2.05) is 31.2 Å². The predicted octanol–water partition coefficient (Wildman–Crippen LogP) is 1.51. The van der Waals surface area contributed by atoms with Crippen LogP contribution in [0.4, 0.5) is 0 Å². The summed E-state index contributed by atoms with van der Waals surface area (Å²) in [6.45, 7) is 1.90. The number of carbonyl (C=O) groups is 1. The van der Waals surface area contributed by atoms with E-state index < -0.39 is 5.54 Å². The van der Waals surface area contributed by atoms with Crippen molar-refractivity contribution in [3.8, 4) is 5.75 Å². The first-order chi connectivity index (χ1) is 9.07. The average Bonchev–Trinajstić information content (AvgIpc) is 3.23. The van der Waals surface area contributed by atoms with Crippen LogP contribution < -0.4 is 10.1 Å². The van der Waals surface area contributed by atoms with Crippen molar-refractivity contribution in [1.82, 2.24) is 5.32 Å². The number of nitrogens with one attached hydrogen (secondary N) is 1. The van der Waals surface area contributed by atoms with E-state index in [1.54, 1.807) is 7.11 Å². The van der Waals surface area contributed by atoms with E-state index in [2.05, 4.69) is 5.32 Å². The summed E-state index contributed by atoms with van der Waals surface area (Å²) in [5, 5.41) is 12.4. The lowest BCUT2D eigenvalue weighted by Gasteiger charge is -2.28. The zero-order valence-corrected chi connectivity index (χ0v) is 11.5. The molecule has 1 aromatic rings. The molecule has 2 rings (SSSR count). The molecule has 0 saturated heterocycles. The number of aliphatic hydroxyl groups excluding tert-OH is 1. The van der Waals surface area contributed by atoms with Gasteiger partial charge in [-0.2, -0.15) is 0 Å². The smallest absolute Gasteiger partial charge is 0.224 e. The van der Waals surface area contributed by atoms with Crippen LogP contribution in [0, 0.1) is 5.92 Å². The monoisotopic (exact) mass is 263 g/mol. The first-order valence-corrected chi connectivity index (χ1v) is 6.62. The van der Waals surface area contributed by atoms with Gasteiger partial charge in [0.15, 0.2) is 0 Å². The lowest BCUT2D eigenvalue weighted by molar-refractivity contribution is -0.123. The van der Waals surface area contributed by atoms with Crippen LogP contribution in [0.5, 0.6) is 5.75 Å². The average molecular weight is 263 g/mol. The number of ether oxygens (including phenoxy) is 1. The summed E-state index contributed by atoms with van der Waals surface area (Å²) in [4.78, 5) is 12.1. The first kappa shape index (κ1) is 13.9. The van der Waals surface area contributed by atoms with Crippen molar-refractivity contribution in [1.29, 1.82) is 0 Å². The molecule has 19 heavy (non-hydrogen) atoms. The number of hydrogen-bond acceptors (Lipinski definition) is 3. The molecule has 1 amide bonds. The minimum Gasteiger partial charge on any atom is -0.497 e. The Hall–Kier alpha value is -1.55. The van der Waals surface area contributed by atoms with Gasteiger partial charge in [0.1, 0.15) is 5.75 Å². The number of aliphatic hydroxyl groups is 1. The van der Waals surface area contributed by atoms with Crippen LogP contribution in [0.2, 0.25) is 0 Å². The van der Waals surface area contributed by atoms with Crippen molar-refractivity contribution in [2.75, 3.05) is 13.7 Å². The molecule has 1 unspecified atom stereocenters. The number of rotatable bonds is 6. The van der Waals surface area contributed by atoms with Crippen molar-refractivity contribution < 1.29 is 14.6 Å². The Morgan fingerprint density at radius 3 is 2.84 bits per heavy atom. The lowest BCUT2D eigenvalue weighted by Crippen LogP contribution is -2.51. The van der Waals surface area contributed by atoms with Gasteiger partial charge >= 0.3 is 0 Å². The van der Waals surface area contributed by atoms with Gasteiger partial charge in [0, 0.05) is 0 Å². The summed E-state index contributed by atoms with van der Waals surface area (Å²) in [5.41, 5.74) is 0.434. The van der Waals surface area contributed by atoms with Crippen LogP contribution >= 0.6 is 0 Å². The van der Waals surface area contributed by atoms with E-state index >= 15 is 0 Å². The van der Waals surface area contributed by atoms with Gasteiger partial charge < -0.3 is 15.2 Å². The molecule has 1 aromatic carbocycles. The third-order valence-corrected chi connectivity index (χ3v) is 3.73. The number of carbonyl (C=O) groups excluding carboxylic acids is 1. The predicted molar refractivity (Wildman–Crippen MR) is 73.1 cm³/mol. The third-order valence-electron chi connectivity index (χ3n) is 3.73. The fourth-order valence-corrected chi connectivity index (χ4v) is 2.32. The highest BCUT2D eigenvalue weighted by Gasteiger charge is 2.42. The summed E-state index contributed by atoms with van der Waals surface area (Å²) in [6, 6.07) is 7.47. The molecule has 1 fully saturated rings. The largest absolute Gasteiger partial charge is 0.497 e. The fraction of sp³-hybridized carbons (Fsp3) is 0.533. The van der Waals surface area contributed by atoms with E-state index in [0.29, 0.717) is 12.3 Å². The molecule has 0 heterocycles. The molecule has 4 heteroatoms. The number of hydrogen-bond donors (Lipinski definition) is 2. The summed E-state index contributed by atoms with van der Waals surface area (Å²) in [5.74, 6) is 1.10. The van der Waals surface area contributed by atoms with Crippen LogP contribution in [0.3, 0.4) is 0 Å². The Morgan fingerprint density at radius 2 is 2.26 bits per heavy atom. The lowest BCUT2D eigenvalue weighted by atomic mass is 9.96. The van der Waals surface area contributed by atoms with Gasteiger partial charge in [0.05, 0.1) is 25.7 Å². The summed E-state index contributed by atoms with van der Waals surface area (Å²) in [6.07, 6.45) is 2.46. The van der Waals surface area contributed by atoms with E-state index in [9.17, 15) is 9.90 Å². The van der Waals surface area contributed by atoms with Crippen LogP contribution in [0.1, 0.15) is 25.3 Å². The number of methoxy groups -OCH3 is 1. The van der Waals surface area contributed by atoms with E-state index in [0.717, 1.165) is 24.2 Å². The number of benzene rings is 1. The second-order valence-electron chi connectivity index (χ2n) is 5.43. The Morgan fingerprint density at radius 1 is 1.53 bits per heavy atom. The van der Waals surface area contributed by atoms with Gasteiger partial charge in [-0.3, -0.25) is 4.79 Å². The molecule has 0 radical (unpaired) electrons.